The number of halogens is 32. The largest absolute Gasteiger partial charge is 2.00 e. The first kappa shape index (κ1) is 94.7. The molecule has 0 aromatic heterocycles. The second-order valence-electron chi connectivity index (χ2n) is 24.2. The number of hydrogen-bond acceptors (Lipinski definition) is 2. The summed E-state index contributed by atoms with van der Waals surface area (Å²) in [4.78, 5) is 2.61. The second-order valence-corrected chi connectivity index (χ2v) is 25.9. The van der Waals surface area contributed by atoms with Gasteiger partial charge in [0.25, 0.3) is 13.4 Å². The molecular formula is C68H51B2Cl2F30PdS2-. The second kappa shape index (κ2) is 37.6. The van der Waals surface area contributed by atoms with Crippen LogP contribution in [-0.4, -0.2) is 19.2 Å². The fourth-order valence-electron chi connectivity index (χ4n) is 10.2. The predicted molar refractivity (Wildman–Crippen MR) is 326 cm³/mol. The number of thioether (sulfide) groups is 1. The molecule has 0 saturated heterocycles. The van der Waals surface area contributed by atoms with Crippen LogP contribution in [0.25, 0.3) is 0 Å². The van der Waals surface area contributed by atoms with Crippen LogP contribution in [0.4, 0.5) is 132 Å². The summed E-state index contributed by atoms with van der Waals surface area (Å²) in [7, 11) is 0. The van der Waals surface area contributed by atoms with Crippen LogP contribution in [-0.2, 0) is 33.1 Å². The zero-order valence-electron chi connectivity index (χ0n) is 55.9. The van der Waals surface area contributed by atoms with Crippen molar-refractivity contribution in [1.29, 1.82) is 0 Å². The summed E-state index contributed by atoms with van der Waals surface area (Å²) in [5.41, 5.74) is -7.41. The molecule has 0 fully saturated rings. The molecule has 0 aliphatic rings. The maximum Gasteiger partial charge on any atom is 2.00 e. The Labute approximate surface area is 617 Å². The van der Waals surface area contributed by atoms with Crippen LogP contribution in [0.1, 0.15) is 159 Å². The number of hydrogen-bond donors (Lipinski definition) is 0. The Morgan fingerprint density at radius 3 is 0.505 bits per heavy atom. The van der Waals surface area contributed by atoms with Gasteiger partial charge in [-0.2, -0.15) is 4.90 Å². The van der Waals surface area contributed by atoms with Gasteiger partial charge in [-0.25, -0.2) is 132 Å². The van der Waals surface area contributed by atoms with E-state index in [-0.39, 0.29) is 45.2 Å². The number of rotatable bonds is 14. The van der Waals surface area contributed by atoms with Gasteiger partial charge in [0.15, 0.2) is 175 Å². The van der Waals surface area contributed by atoms with E-state index in [1.807, 2.05) is 11.8 Å². The standard InChI is InChI=1S/2C18BF15.C17H28S.C15H24S.2ClH.Pd/c2*20-4-1(5(21)11(27)16(32)10(4)26)19(2-6(22)12(28)17(33)13(29)7(2)23)3-8(24)14(30)18(34)15(31)9(3)25;1-8-18-17-15(12(4)5)9-14(11(2)3)10-16(17)13(6)7;1-9(2)12-7-13(10(3)4)15(16)14(8-12)11(5)6;;;/h;;9-13H,8H2,1-7H3;7-11,16H,1-6H3;2*1H;/q;;;;;;+2/p-3. The SMILES string of the molecule is CC(C)c1cc(C(C)C)c([S-])c(C(C)C)c1.CCSc1c(C(C)C)cc(C(C)C)cc1C(C)C.Fc1c(F)c(F)c(B(c2c(F)c(F)c(F)c(F)c2F)c2c(F)c(F)c(F)c(F)c2F)c(F)c1F.Fc1c(F)c(F)c(B(c2c(F)c(F)c(F)c(F)c2F)c2c(F)c(F)c(F)c(F)c2F)c(F)c1F.[Cl-].[Cl-].[Pd+2]. The van der Waals surface area contributed by atoms with Crippen LogP contribution in [0, 0.1) is 175 Å². The molecule has 576 valence electrons. The van der Waals surface area contributed by atoms with Crippen molar-refractivity contribution in [3.05, 3.63) is 232 Å². The van der Waals surface area contributed by atoms with Crippen molar-refractivity contribution in [1.82, 2.24) is 0 Å². The van der Waals surface area contributed by atoms with E-state index in [2.05, 4.69) is 114 Å². The minimum absolute atomic E-state index is 0. The predicted octanol–water partition coefficient (Wildman–Crippen LogP) is 13.7. The van der Waals surface area contributed by atoms with E-state index in [1.165, 1.54) is 38.3 Å². The molecular weight excluding hydrogens is 1650 g/mol. The van der Waals surface area contributed by atoms with Crippen LogP contribution in [0.5, 0.6) is 0 Å². The third-order valence-corrected chi connectivity index (χ3v) is 17.2. The summed E-state index contributed by atoms with van der Waals surface area (Å²) < 4.78 is 417. The van der Waals surface area contributed by atoms with E-state index in [0.717, 1.165) is 10.6 Å². The fraction of sp³-hybridized carbons (Fsp3) is 0.294. The zero-order chi connectivity index (χ0) is 78.3. The maximum atomic E-state index is 14.4. The Morgan fingerprint density at radius 2 is 0.381 bits per heavy atom. The van der Waals surface area contributed by atoms with Gasteiger partial charge < -0.3 is 37.4 Å². The molecule has 0 heterocycles. The topological polar surface area (TPSA) is 0 Å². The molecule has 0 aliphatic heterocycles. The number of benzene rings is 8. The summed E-state index contributed by atoms with van der Waals surface area (Å²) in [6.07, 6.45) is 0. The summed E-state index contributed by atoms with van der Waals surface area (Å²) in [6, 6.07) is 9.45. The van der Waals surface area contributed by atoms with Gasteiger partial charge in [-0.15, -0.1) is 11.8 Å². The maximum absolute atomic E-state index is 14.4. The molecule has 0 bridgehead atoms. The molecule has 0 unspecified atom stereocenters. The quantitative estimate of drug-likeness (QED) is 0.0266. The summed E-state index contributed by atoms with van der Waals surface area (Å²) in [5.74, 6) is -85.9. The Bertz CT molecular complexity index is 3800. The van der Waals surface area contributed by atoms with E-state index >= 15 is 0 Å². The molecule has 0 N–H and O–H groups in total. The first-order valence-electron chi connectivity index (χ1n) is 29.8. The van der Waals surface area contributed by atoms with E-state index < -0.39 is 221 Å². The van der Waals surface area contributed by atoms with Crippen molar-refractivity contribution in [2.75, 3.05) is 5.75 Å². The molecule has 105 heavy (non-hydrogen) atoms. The van der Waals surface area contributed by atoms with Crippen molar-refractivity contribution in [3.63, 3.8) is 0 Å². The van der Waals surface area contributed by atoms with Gasteiger partial charge in [-0.05, 0) is 63.5 Å². The van der Waals surface area contributed by atoms with Gasteiger partial charge in [0.1, 0.15) is 0 Å². The van der Waals surface area contributed by atoms with Crippen LogP contribution in [0.15, 0.2) is 34.1 Å². The normalized spacial score (nSPS) is 11.2. The van der Waals surface area contributed by atoms with Crippen molar-refractivity contribution < 1.29 is 177 Å². The Kier molecular flexibility index (Phi) is 33.9. The minimum Gasteiger partial charge on any atom is -1.00 e. The fourth-order valence-corrected chi connectivity index (χ4v) is 12.0. The van der Waals surface area contributed by atoms with E-state index in [1.54, 1.807) is 0 Å². The molecule has 8 aromatic carbocycles. The first-order valence-corrected chi connectivity index (χ1v) is 31.2. The van der Waals surface area contributed by atoms with Crippen LogP contribution >= 0.6 is 11.8 Å². The van der Waals surface area contributed by atoms with Gasteiger partial charge in [-0.1, -0.05) is 125 Å². The van der Waals surface area contributed by atoms with Crippen molar-refractivity contribution >= 4 is 70.6 Å². The average molecular weight is 1700 g/mol. The van der Waals surface area contributed by atoms with Crippen LogP contribution in [0.2, 0.25) is 0 Å². The molecule has 8 rings (SSSR count). The smallest absolute Gasteiger partial charge is 1.00 e. The Balaban J connectivity index is 0.000000495. The van der Waals surface area contributed by atoms with Gasteiger partial charge in [0, 0.05) is 37.7 Å². The molecule has 8 aromatic rings. The zero-order valence-corrected chi connectivity index (χ0v) is 60.6. The van der Waals surface area contributed by atoms with Gasteiger partial charge in [-0.3, -0.25) is 0 Å². The molecule has 0 radical (unpaired) electrons. The molecule has 0 spiro atoms. The van der Waals surface area contributed by atoms with Crippen LogP contribution < -0.4 is 57.6 Å². The molecule has 0 saturated carbocycles. The van der Waals surface area contributed by atoms with Crippen LogP contribution in [0.3, 0.4) is 0 Å². The molecule has 0 aliphatic carbocycles. The van der Waals surface area contributed by atoms with E-state index in [4.69, 9.17) is 12.6 Å². The van der Waals surface area contributed by atoms with Gasteiger partial charge >= 0.3 is 20.4 Å². The third kappa shape index (κ3) is 18.3. The summed E-state index contributed by atoms with van der Waals surface area (Å²) >= 11 is 7.60. The first-order chi connectivity index (χ1) is 47.0. The average Bonchev–Trinajstić information content (AvgIpc) is 0.734. The summed E-state index contributed by atoms with van der Waals surface area (Å²) in [6.45, 7) is 21.5. The van der Waals surface area contributed by atoms with Crippen molar-refractivity contribution in [3.8, 4) is 0 Å². The van der Waals surface area contributed by atoms with Crippen molar-refractivity contribution in [2.45, 2.75) is 135 Å². The Hall–Kier alpha value is -6.40. The van der Waals surface area contributed by atoms with Gasteiger partial charge in [0.05, 0.1) is 0 Å². The van der Waals surface area contributed by atoms with E-state index in [0.29, 0.717) is 35.5 Å². The monoisotopic (exact) mass is 1700 g/mol. The third-order valence-electron chi connectivity index (χ3n) is 15.6. The van der Waals surface area contributed by atoms with Gasteiger partial charge in [0.2, 0.25) is 0 Å². The molecule has 37 heteroatoms. The molecule has 0 nitrogen and oxygen atoms in total. The Morgan fingerprint density at radius 1 is 0.248 bits per heavy atom. The van der Waals surface area contributed by atoms with E-state index in [9.17, 15) is 132 Å². The minimum atomic E-state index is -3.96. The van der Waals surface area contributed by atoms with Crippen molar-refractivity contribution in [2.24, 2.45) is 0 Å². The summed E-state index contributed by atoms with van der Waals surface area (Å²) in [5, 5.41) is 0. The molecule has 0 amide bonds. The molecule has 0 atom stereocenters.